The Balaban J connectivity index is 2.84. The molecule has 0 atom stereocenters. The lowest BCUT2D eigenvalue weighted by Crippen LogP contribution is -1.72. The van der Waals surface area contributed by atoms with E-state index >= 15 is 0 Å². The highest BCUT2D eigenvalue weighted by atomic mass is 35.5. The van der Waals surface area contributed by atoms with Crippen LogP contribution in [0.25, 0.3) is 10.1 Å². The fourth-order valence-corrected chi connectivity index (χ4v) is 3.65. The SMILES string of the molecule is CSc1cc(S)cc2c(Cl)csc12. The summed E-state index contributed by atoms with van der Waals surface area (Å²) < 4.78 is 1.26. The molecule has 2 aromatic rings. The van der Waals surface area contributed by atoms with E-state index in [0.717, 1.165) is 15.3 Å². The summed E-state index contributed by atoms with van der Waals surface area (Å²) in [5, 5.41) is 3.91. The highest BCUT2D eigenvalue weighted by molar-refractivity contribution is 7.99. The van der Waals surface area contributed by atoms with Gasteiger partial charge in [0.2, 0.25) is 0 Å². The van der Waals surface area contributed by atoms with E-state index in [4.69, 9.17) is 11.6 Å². The molecule has 0 amide bonds. The Morgan fingerprint density at radius 1 is 1.46 bits per heavy atom. The van der Waals surface area contributed by atoms with E-state index in [9.17, 15) is 0 Å². The summed E-state index contributed by atoms with van der Waals surface area (Å²) >= 11 is 13.8. The monoisotopic (exact) mass is 246 g/mol. The van der Waals surface area contributed by atoms with Gasteiger partial charge >= 0.3 is 0 Å². The van der Waals surface area contributed by atoms with Crippen molar-refractivity contribution in [3.8, 4) is 0 Å². The topological polar surface area (TPSA) is 0 Å². The molecular formula is C9H7ClS3. The van der Waals surface area contributed by atoms with E-state index in [1.807, 2.05) is 11.4 Å². The smallest absolute Gasteiger partial charge is 0.0592 e. The predicted octanol–water partition coefficient (Wildman–Crippen LogP) is 4.57. The maximum Gasteiger partial charge on any atom is 0.0592 e. The predicted molar refractivity (Wildman–Crippen MR) is 65.9 cm³/mol. The van der Waals surface area contributed by atoms with Crippen LogP contribution in [0.2, 0.25) is 5.02 Å². The molecule has 1 heterocycles. The van der Waals surface area contributed by atoms with Gasteiger partial charge < -0.3 is 0 Å². The van der Waals surface area contributed by atoms with Gasteiger partial charge in [-0.1, -0.05) is 11.6 Å². The van der Waals surface area contributed by atoms with Gasteiger partial charge in [-0.2, -0.15) is 0 Å². The van der Waals surface area contributed by atoms with Gasteiger partial charge in [-0.05, 0) is 18.4 Å². The van der Waals surface area contributed by atoms with Crippen molar-refractivity contribution < 1.29 is 0 Å². The zero-order valence-corrected chi connectivity index (χ0v) is 10.2. The van der Waals surface area contributed by atoms with E-state index in [2.05, 4.69) is 25.0 Å². The molecule has 4 heteroatoms. The third-order valence-electron chi connectivity index (χ3n) is 1.80. The van der Waals surface area contributed by atoms with Gasteiger partial charge in [-0.3, -0.25) is 0 Å². The van der Waals surface area contributed by atoms with Crippen LogP contribution < -0.4 is 0 Å². The zero-order valence-electron chi connectivity index (χ0n) is 6.87. The number of thiophene rings is 1. The fourth-order valence-electron chi connectivity index (χ4n) is 1.21. The molecule has 0 saturated heterocycles. The molecule has 0 unspecified atom stereocenters. The lowest BCUT2D eigenvalue weighted by Gasteiger charge is -2.00. The number of benzene rings is 1. The van der Waals surface area contributed by atoms with Crippen molar-refractivity contribution in [2.75, 3.05) is 6.26 Å². The lowest BCUT2D eigenvalue weighted by molar-refractivity contribution is 1.42. The van der Waals surface area contributed by atoms with Gasteiger partial charge in [-0.25, -0.2) is 0 Å². The molecule has 0 aliphatic carbocycles. The minimum atomic E-state index is 0.825. The molecule has 1 aromatic heterocycles. The van der Waals surface area contributed by atoms with Crippen LogP contribution in [-0.4, -0.2) is 6.26 Å². The van der Waals surface area contributed by atoms with E-state index < -0.39 is 0 Å². The zero-order chi connectivity index (χ0) is 9.42. The van der Waals surface area contributed by atoms with E-state index in [1.54, 1.807) is 23.1 Å². The first-order valence-corrected chi connectivity index (χ1v) is 6.59. The molecule has 0 bridgehead atoms. The summed E-state index contributed by atoms with van der Waals surface area (Å²) in [7, 11) is 0. The quantitative estimate of drug-likeness (QED) is 0.568. The van der Waals surface area contributed by atoms with Crippen LogP contribution in [0.4, 0.5) is 0 Å². The van der Waals surface area contributed by atoms with Crippen molar-refractivity contribution in [2.24, 2.45) is 0 Å². The summed E-state index contributed by atoms with van der Waals surface area (Å²) in [6.07, 6.45) is 2.07. The molecule has 0 fully saturated rings. The maximum atomic E-state index is 6.04. The number of hydrogen-bond acceptors (Lipinski definition) is 3. The molecule has 0 N–H and O–H groups in total. The highest BCUT2D eigenvalue weighted by Gasteiger charge is 2.06. The molecule has 0 radical (unpaired) electrons. The Morgan fingerprint density at radius 3 is 2.92 bits per heavy atom. The number of thioether (sulfide) groups is 1. The summed E-state index contributed by atoms with van der Waals surface area (Å²) in [4.78, 5) is 2.22. The molecule has 68 valence electrons. The van der Waals surface area contributed by atoms with Crippen LogP contribution in [0.3, 0.4) is 0 Å². The number of fused-ring (bicyclic) bond motifs is 1. The fraction of sp³-hybridized carbons (Fsp3) is 0.111. The van der Waals surface area contributed by atoms with E-state index in [0.29, 0.717) is 0 Å². The second-order valence-corrected chi connectivity index (χ2v) is 5.26. The first-order chi connectivity index (χ1) is 6.22. The lowest BCUT2D eigenvalue weighted by atomic mass is 10.3. The molecule has 0 aliphatic heterocycles. The second-order valence-electron chi connectivity index (χ2n) is 2.61. The number of halogens is 1. The number of hydrogen-bond donors (Lipinski definition) is 1. The summed E-state index contributed by atoms with van der Waals surface area (Å²) in [6, 6.07) is 4.08. The molecule has 13 heavy (non-hydrogen) atoms. The van der Waals surface area contributed by atoms with Crippen LogP contribution in [0.5, 0.6) is 0 Å². The van der Waals surface area contributed by atoms with Crippen molar-refractivity contribution in [2.45, 2.75) is 9.79 Å². The molecule has 1 aromatic carbocycles. The molecule has 0 aliphatic rings. The van der Waals surface area contributed by atoms with Crippen LogP contribution in [0.15, 0.2) is 27.3 Å². The second kappa shape index (κ2) is 3.73. The summed E-state index contributed by atoms with van der Waals surface area (Å²) in [5.41, 5.74) is 0. The molecule has 0 spiro atoms. The van der Waals surface area contributed by atoms with Crippen molar-refractivity contribution in [1.29, 1.82) is 0 Å². The largest absolute Gasteiger partial charge is 0.143 e. The van der Waals surface area contributed by atoms with Gasteiger partial charge in [0.1, 0.15) is 0 Å². The minimum absolute atomic E-state index is 0.825. The number of rotatable bonds is 1. The van der Waals surface area contributed by atoms with Gasteiger partial charge in [0.15, 0.2) is 0 Å². The Kier molecular flexibility index (Phi) is 2.79. The minimum Gasteiger partial charge on any atom is -0.143 e. The first-order valence-electron chi connectivity index (χ1n) is 3.66. The summed E-state index contributed by atoms with van der Waals surface area (Å²) in [6.45, 7) is 0. The Labute approximate surface area is 95.7 Å². The Morgan fingerprint density at radius 2 is 2.23 bits per heavy atom. The van der Waals surface area contributed by atoms with E-state index in [1.165, 1.54) is 9.60 Å². The Bertz CT molecular complexity index is 447. The van der Waals surface area contributed by atoms with Gasteiger partial charge in [-0.15, -0.1) is 35.7 Å². The maximum absolute atomic E-state index is 6.04. The van der Waals surface area contributed by atoms with Crippen LogP contribution in [0, 0.1) is 0 Å². The molecular weight excluding hydrogens is 240 g/mol. The van der Waals surface area contributed by atoms with E-state index in [-0.39, 0.29) is 0 Å². The molecule has 2 rings (SSSR count). The third kappa shape index (κ3) is 1.71. The van der Waals surface area contributed by atoms with Gasteiger partial charge in [0, 0.05) is 25.3 Å². The Hall–Kier alpha value is 0.170. The van der Waals surface area contributed by atoms with Gasteiger partial charge in [0.05, 0.1) is 5.02 Å². The van der Waals surface area contributed by atoms with Crippen LogP contribution in [-0.2, 0) is 0 Å². The molecule has 0 saturated carbocycles. The normalized spacial score (nSPS) is 11.0. The van der Waals surface area contributed by atoms with Gasteiger partial charge in [0.25, 0.3) is 0 Å². The van der Waals surface area contributed by atoms with Crippen molar-refractivity contribution in [3.05, 3.63) is 22.5 Å². The van der Waals surface area contributed by atoms with Crippen molar-refractivity contribution in [1.82, 2.24) is 0 Å². The average Bonchev–Trinajstić information content (AvgIpc) is 2.47. The highest BCUT2D eigenvalue weighted by Crippen LogP contribution is 2.37. The van der Waals surface area contributed by atoms with Crippen LogP contribution >= 0.6 is 47.3 Å². The van der Waals surface area contributed by atoms with Crippen molar-refractivity contribution in [3.63, 3.8) is 0 Å². The number of thiol groups is 1. The average molecular weight is 247 g/mol. The molecule has 0 nitrogen and oxygen atoms in total. The van der Waals surface area contributed by atoms with Crippen molar-refractivity contribution >= 4 is 57.4 Å². The summed E-state index contributed by atoms with van der Waals surface area (Å²) in [5.74, 6) is 0. The third-order valence-corrected chi connectivity index (χ3v) is 4.42. The van der Waals surface area contributed by atoms with Crippen LogP contribution in [0.1, 0.15) is 0 Å². The standard InChI is InChI=1S/C9H7ClS3/c1-12-8-3-5(11)2-6-7(10)4-13-9(6)8/h2-4,11H,1H3. The first kappa shape index (κ1) is 9.71.